The zero-order valence-electron chi connectivity index (χ0n) is 19.9. The third kappa shape index (κ3) is 3.89. The Morgan fingerprint density at radius 1 is 0.968 bits per heavy atom. The third-order valence-corrected chi connectivity index (χ3v) is 10.7. The first-order valence-corrected chi connectivity index (χ1v) is 13.3. The van der Waals surface area contributed by atoms with Crippen molar-refractivity contribution in [3.63, 3.8) is 0 Å². The van der Waals surface area contributed by atoms with Crippen LogP contribution in [0, 0.1) is 34.5 Å². The van der Waals surface area contributed by atoms with E-state index in [-0.39, 0.29) is 17.5 Å². The molecule has 0 spiro atoms. The van der Waals surface area contributed by atoms with Gasteiger partial charge in [-0.15, -0.1) is 0 Å². The second-order valence-corrected chi connectivity index (χ2v) is 12.2. The van der Waals surface area contributed by atoms with E-state index in [4.69, 9.17) is 4.74 Å². The summed E-state index contributed by atoms with van der Waals surface area (Å²) in [5.41, 5.74) is 0.525. The smallest absolute Gasteiger partial charge is 0.307 e. The summed E-state index contributed by atoms with van der Waals surface area (Å²) in [5, 5.41) is 0. The fourth-order valence-corrected chi connectivity index (χ4v) is 8.84. The summed E-state index contributed by atoms with van der Waals surface area (Å²) < 4.78 is 6.19. The zero-order chi connectivity index (χ0) is 21.6. The highest BCUT2D eigenvalue weighted by Gasteiger charge is 2.61. The Balaban J connectivity index is 1.22. The summed E-state index contributed by atoms with van der Waals surface area (Å²) in [6, 6.07) is 0. The Morgan fingerprint density at radius 2 is 1.74 bits per heavy atom. The average Bonchev–Trinajstić information content (AvgIpc) is 3.10. The van der Waals surface area contributed by atoms with Gasteiger partial charge in [-0.1, -0.05) is 20.3 Å². The normalized spacial score (nSPS) is 45.5. The number of ketones is 1. The number of Topliss-reactive ketones (excluding diaryl/α,β-unsaturated/α-hetero) is 1. The first kappa shape index (κ1) is 21.9. The summed E-state index contributed by atoms with van der Waals surface area (Å²) in [6.07, 6.45) is 14.5. The molecule has 174 valence electrons. The molecule has 1 aliphatic heterocycles. The van der Waals surface area contributed by atoms with E-state index < -0.39 is 0 Å². The van der Waals surface area contributed by atoms with Crippen molar-refractivity contribution in [3.05, 3.63) is 0 Å². The molecule has 5 fully saturated rings. The number of hydrogen-bond acceptors (Lipinski definition) is 4. The van der Waals surface area contributed by atoms with Crippen molar-refractivity contribution in [1.29, 1.82) is 0 Å². The van der Waals surface area contributed by atoms with E-state index in [1.807, 2.05) is 0 Å². The monoisotopic (exact) mass is 429 g/mol. The van der Waals surface area contributed by atoms with Crippen molar-refractivity contribution in [1.82, 2.24) is 4.90 Å². The van der Waals surface area contributed by atoms with Crippen LogP contribution in [0.1, 0.15) is 97.3 Å². The lowest BCUT2D eigenvalue weighted by atomic mass is 9.45. The highest BCUT2D eigenvalue weighted by atomic mass is 16.5. The van der Waals surface area contributed by atoms with E-state index in [0.717, 1.165) is 57.2 Å². The van der Waals surface area contributed by atoms with Crippen molar-refractivity contribution in [2.45, 2.75) is 103 Å². The van der Waals surface area contributed by atoms with Crippen molar-refractivity contribution in [2.75, 3.05) is 19.6 Å². The molecule has 4 aliphatic carbocycles. The molecule has 1 saturated heterocycles. The van der Waals surface area contributed by atoms with Crippen LogP contribution in [0.2, 0.25) is 0 Å². The van der Waals surface area contributed by atoms with Crippen LogP contribution >= 0.6 is 0 Å². The average molecular weight is 430 g/mol. The summed E-state index contributed by atoms with van der Waals surface area (Å²) in [7, 11) is 0. The fraction of sp³-hybridized carbons (Fsp3) is 0.926. The Bertz CT molecular complexity index is 701. The van der Waals surface area contributed by atoms with Gasteiger partial charge in [0, 0.05) is 24.8 Å². The molecule has 0 radical (unpaired) electrons. The molecular formula is C27H43NO3. The minimum absolute atomic E-state index is 0.0287. The molecule has 0 aromatic rings. The van der Waals surface area contributed by atoms with E-state index >= 15 is 0 Å². The molecule has 1 heterocycles. The highest BCUT2D eigenvalue weighted by molar-refractivity contribution is 5.79. The number of esters is 1. The molecule has 4 nitrogen and oxygen atoms in total. The van der Waals surface area contributed by atoms with Crippen molar-refractivity contribution in [3.8, 4) is 0 Å². The standard InChI is InChI=1S/C27H43NO3/c1-26-13-10-20(29)18-19(26)6-7-21-22-8-9-24(27(22,2)14-11-23(21)26)31-25(30)12-17-28-15-4-3-5-16-28/h19,21-24H,3-18H2,1-2H3/t19-,21+,22-,23+,24+,26-,27-/m0/s1. The first-order valence-electron chi connectivity index (χ1n) is 13.3. The number of piperidine rings is 1. The minimum Gasteiger partial charge on any atom is -0.462 e. The molecule has 4 heteroatoms. The van der Waals surface area contributed by atoms with Crippen molar-refractivity contribution in [2.24, 2.45) is 34.5 Å². The largest absolute Gasteiger partial charge is 0.462 e. The van der Waals surface area contributed by atoms with Gasteiger partial charge in [0.25, 0.3) is 0 Å². The number of nitrogens with zero attached hydrogens (tertiary/aromatic N) is 1. The molecule has 31 heavy (non-hydrogen) atoms. The lowest BCUT2D eigenvalue weighted by Gasteiger charge is -2.60. The lowest BCUT2D eigenvalue weighted by Crippen LogP contribution is -2.54. The van der Waals surface area contributed by atoms with Gasteiger partial charge in [0.2, 0.25) is 0 Å². The van der Waals surface area contributed by atoms with Crippen molar-refractivity contribution >= 4 is 11.8 Å². The number of carbonyl (C=O) groups excluding carboxylic acids is 2. The quantitative estimate of drug-likeness (QED) is 0.563. The maximum Gasteiger partial charge on any atom is 0.307 e. The predicted octanol–water partition coefficient (Wildman–Crippen LogP) is 5.39. The minimum atomic E-state index is 0.0287. The van der Waals surface area contributed by atoms with Gasteiger partial charge in [-0.2, -0.15) is 0 Å². The number of rotatable bonds is 4. The molecule has 0 bridgehead atoms. The molecule has 0 aromatic heterocycles. The Morgan fingerprint density at radius 3 is 2.55 bits per heavy atom. The second kappa shape index (κ2) is 8.47. The van der Waals surface area contributed by atoms with Gasteiger partial charge in [0.05, 0.1) is 6.42 Å². The van der Waals surface area contributed by atoms with Gasteiger partial charge in [0.15, 0.2) is 0 Å². The SMILES string of the molecule is C[C@]12CCC(=O)C[C@@H]1CC[C@H]1[C@H]2CC[C@]2(C)[C@H](OC(=O)CCN3CCCCC3)CC[C@@H]12. The predicted molar refractivity (Wildman–Crippen MR) is 122 cm³/mol. The Hall–Kier alpha value is -0.900. The Labute approximate surface area is 188 Å². The van der Waals surface area contributed by atoms with Crippen LogP contribution < -0.4 is 0 Å². The number of carbonyl (C=O) groups is 2. The van der Waals surface area contributed by atoms with Crippen LogP contribution in [0.15, 0.2) is 0 Å². The molecule has 7 atom stereocenters. The van der Waals surface area contributed by atoms with Crippen LogP contribution in [0.3, 0.4) is 0 Å². The maximum atomic E-state index is 12.7. The highest BCUT2D eigenvalue weighted by Crippen LogP contribution is 2.66. The van der Waals surface area contributed by atoms with E-state index in [0.29, 0.717) is 29.5 Å². The molecular weight excluding hydrogens is 386 g/mol. The van der Waals surface area contributed by atoms with Gasteiger partial charge in [-0.05, 0) is 100.0 Å². The van der Waals surface area contributed by atoms with Crippen LogP contribution in [0.4, 0.5) is 0 Å². The first-order chi connectivity index (χ1) is 14.9. The van der Waals surface area contributed by atoms with E-state index in [9.17, 15) is 9.59 Å². The second-order valence-electron chi connectivity index (χ2n) is 12.2. The van der Waals surface area contributed by atoms with Gasteiger partial charge < -0.3 is 9.64 Å². The summed E-state index contributed by atoms with van der Waals surface area (Å²) in [6.45, 7) is 8.10. The summed E-state index contributed by atoms with van der Waals surface area (Å²) in [5.74, 6) is 3.38. The number of fused-ring (bicyclic) bond motifs is 5. The van der Waals surface area contributed by atoms with Crippen LogP contribution in [0.25, 0.3) is 0 Å². The number of ether oxygens (including phenoxy) is 1. The van der Waals surface area contributed by atoms with Crippen LogP contribution in [-0.2, 0) is 14.3 Å². The lowest BCUT2D eigenvalue weighted by molar-refractivity contribution is -0.164. The topological polar surface area (TPSA) is 46.6 Å². The van der Waals surface area contributed by atoms with Gasteiger partial charge >= 0.3 is 5.97 Å². The molecule has 5 aliphatic rings. The van der Waals surface area contributed by atoms with E-state index in [1.165, 1.54) is 51.4 Å². The third-order valence-electron chi connectivity index (χ3n) is 10.7. The van der Waals surface area contributed by atoms with Crippen LogP contribution in [0.5, 0.6) is 0 Å². The molecule has 0 aromatic carbocycles. The van der Waals surface area contributed by atoms with Crippen LogP contribution in [-0.4, -0.2) is 42.4 Å². The zero-order valence-corrected chi connectivity index (χ0v) is 19.9. The Kier molecular flexibility index (Phi) is 5.99. The molecule has 0 N–H and O–H groups in total. The van der Waals surface area contributed by atoms with E-state index in [1.54, 1.807) is 0 Å². The number of hydrogen-bond donors (Lipinski definition) is 0. The van der Waals surface area contributed by atoms with Crippen molar-refractivity contribution < 1.29 is 14.3 Å². The van der Waals surface area contributed by atoms with Gasteiger partial charge in [-0.25, -0.2) is 0 Å². The fourth-order valence-electron chi connectivity index (χ4n) is 8.84. The van der Waals surface area contributed by atoms with Gasteiger partial charge in [0.1, 0.15) is 11.9 Å². The molecule has 4 saturated carbocycles. The van der Waals surface area contributed by atoms with Gasteiger partial charge in [-0.3, -0.25) is 9.59 Å². The molecule has 0 unspecified atom stereocenters. The van der Waals surface area contributed by atoms with E-state index in [2.05, 4.69) is 18.7 Å². The molecule has 0 amide bonds. The number of likely N-dealkylation sites (tertiary alicyclic amines) is 1. The summed E-state index contributed by atoms with van der Waals surface area (Å²) >= 11 is 0. The molecule has 5 rings (SSSR count). The maximum absolute atomic E-state index is 12.7. The summed E-state index contributed by atoms with van der Waals surface area (Å²) in [4.78, 5) is 27.3.